The van der Waals surface area contributed by atoms with Gasteiger partial charge in [0.2, 0.25) is 0 Å². The van der Waals surface area contributed by atoms with E-state index in [1.54, 1.807) is 24.0 Å². The molecule has 2 heterocycles. The van der Waals surface area contributed by atoms with Crippen molar-refractivity contribution in [2.24, 2.45) is 7.05 Å². The van der Waals surface area contributed by atoms with Crippen molar-refractivity contribution in [3.63, 3.8) is 0 Å². The number of anilines is 1. The lowest BCUT2D eigenvalue weighted by Crippen LogP contribution is -2.51. The van der Waals surface area contributed by atoms with Crippen molar-refractivity contribution in [2.75, 3.05) is 18.0 Å². The number of fused-ring (bicyclic) bond motifs is 1. The van der Waals surface area contributed by atoms with E-state index >= 15 is 0 Å². The van der Waals surface area contributed by atoms with E-state index < -0.39 is 0 Å². The van der Waals surface area contributed by atoms with E-state index in [2.05, 4.69) is 39.5 Å². The zero-order chi connectivity index (χ0) is 16.5. The van der Waals surface area contributed by atoms with Gasteiger partial charge in [0.25, 0.3) is 5.56 Å². The van der Waals surface area contributed by atoms with Gasteiger partial charge < -0.3 is 14.8 Å². The molecule has 2 aromatic rings. The highest BCUT2D eigenvalue weighted by atomic mass is 16.1. The van der Waals surface area contributed by atoms with Crippen LogP contribution in [0.3, 0.4) is 0 Å². The topological polar surface area (TPSA) is 50.2 Å². The maximum absolute atomic E-state index is 12.3. The van der Waals surface area contributed by atoms with E-state index in [4.69, 9.17) is 0 Å². The molecule has 24 heavy (non-hydrogen) atoms. The number of nitrogens with zero attached hydrogens (tertiary/aromatic N) is 3. The Morgan fingerprint density at radius 2 is 1.92 bits per heavy atom. The zero-order valence-corrected chi connectivity index (χ0v) is 14.1. The van der Waals surface area contributed by atoms with E-state index in [-0.39, 0.29) is 5.56 Å². The van der Waals surface area contributed by atoms with Crippen LogP contribution in [0.15, 0.2) is 41.5 Å². The molecule has 1 aromatic carbocycles. The lowest BCUT2D eigenvalue weighted by molar-refractivity contribution is 0.376. The van der Waals surface area contributed by atoms with Gasteiger partial charge in [0, 0.05) is 44.6 Å². The third-order valence-corrected chi connectivity index (χ3v) is 5.24. The van der Waals surface area contributed by atoms with Crippen LogP contribution in [0, 0.1) is 0 Å². The lowest BCUT2D eigenvalue weighted by Gasteiger charge is -2.35. The number of hydrogen-bond acceptors (Lipinski definition) is 4. The molecule has 2 aliphatic rings. The van der Waals surface area contributed by atoms with E-state index in [1.807, 2.05) is 0 Å². The molecule has 1 fully saturated rings. The van der Waals surface area contributed by atoms with Gasteiger partial charge in [-0.15, -0.1) is 0 Å². The van der Waals surface area contributed by atoms with Crippen LogP contribution in [0.25, 0.3) is 0 Å². The molecule has 5 heteroatoms. The number of aromatic nitrogens is 2. The normalized spacial score (nSPS) is 21.0. The molecule has 1 aromatic heterocycles. The minimum Gasteiger partial charge on any atom is -0.350 e. The first kappa shape index (κ1) is 15.4. The summed E-state index contributed by atoms with van der Waals surface area (Å²) in [5.74, 6) is 0.584. The van der Waals surface area contributed by atoms with Crippen molar-refractivity contribution in [3.05, 3.63) is 58.1 Å². The molecule has 0 spiro atoms. The van der Waals surface area contributed by atoms with Gasteiger partial charge in [0.1, 0.15) is 0 Å². The Morgan fingerprint density at radius 1 is 1.17 bits per heavy atom. The smallest absolute Gasteiger partial charge is 0.293 e. The molecular formula is C19H24N4O. The van der Waals surface area contributed by atoms with Crippen molar-refractivity contribution in [1.29, 1.82) is 0 Å². The average Bonchev–Trinajstić information content (AvgIpc) is 3.00. The maximum atomic E-state index is 12.3. The van der Waals surface area contributed by atoms with Gasteiger partial charge in [0.15, 0.2) is 5.82 Å². The Balaban J connectivity index is 1.43. The Bertz CT molecular complexity index is 760. The van der Waals surface area contributed by atoms with E-state index in [0.717, 1.165) is 38.8 Å². The Labute approximate surface area is 142 Å². The summed E-state index contributed by atoms with van der Waals surface area (Å²) in [5.41, 5.74) is 2.94. The predicted molar refractivity (Wildman–Crippen MR) is 95.5 cm³/mol. The summed E-state index contributed by atoms with van der Waals surface area (Å²) in [6.45, 7) is 1.77. The molecular weight excluding hydrogens is 300 g/mol. The van der Waals surface area contributed by atoms with Crippen LogP contribution < -0.4 is 15.8 Å². The quantitative estimate of drug-likeness (QED) is 0.930. The first-order valence-corrected chi connectivity index (χ1v) is 8.80. The number of aryl methyl sites for hydroxylation is 1. The highest BCUT2D eigenvalue weighted by molar-refractivity contribution is 5.37. The molecule has 1 atom stereocenters. The first-order chi connectivity index (χ1) is 11.7. The third-order valence-electron chi connectivity index (χ3n) is 5.24. The summed E-state index contributed by atoms with van der Waals surface area (Å²) in [5, 5.41) is 3.82. The van der Waals surface area contributed by atoms with E-state index in [9.17, 15) is 4.79 Å². The Morgan fingerprint density at radius 3 is 2.67 bits per heavy atom. The monoisotopic (exact) mass is 324 g/mol. The standard InChI is InChI=1S/C19H24N4O/c1-22-10-8-20-18(19(22)24)23-9-4-7-16(13-23)21-17-11-14-5-2-3-6-15(14)12-17/h2-3,5-6,8,10,16-17,21H,4,7,9,11-13H2,1H3. The number of benzene rings is 1. The molecule has 1 aliphatic carbocycles. The van der Waals surface area contributed by atoms with Crippen LogP contribution in [0.2, 0.25) is 0 Å². The number of nitrogens with one attached hydrogen (secondary N) is 1. The minimum atomic E-state index is -0.00794. The van der Waals surface area contributed by atoms with Crippen LogP contribution in [0.4, 0.5) is 5.82 Å². The number of piperidine rings is 1. The summed E-state index contributed by atoms with van der Waals surface area (Å²) >= 11 is 0. The SMILES string of the molecule is Cn1ccnc(N2CCCC(NC3Cc4ccccc4C3)C2)c1=O. The maximum Gasteiger partial charge on any atom is 0.293 e. The van der Waals surface area contributed by atoms with Crippen molar-refractivity contribution in [3.8, 4) is 0 Å². The second kappa shape index (κ2) is 6.40. The molecule has 5 nitrogen and oxygen atoms in total. The average molecular weight is 324 g/mol. The van der Waals surface area contributed by atoms with Gasteiger partial charge in [0.05, 0.1) is 0 Å². The van der Waals surface area contributed by atoms with Crippen molar-refractivity contribution in [2.45, 2.75) is 37.8 Å². The molecule has 1 aliphatic heterocycles. The van der Waals surface area contributed by atoms with E-state index in [0.29, 0.717) is 17.9 Å². The summed E-state index contributed by atoms with van der Waals surface area (Å²) in [6, 6.07) is 9.66. The fourth-order valence-corrected chi connectivity index (χ4v) is 4.02. The first-order valence-electron chi connectivity index (χ1n) is 8.80. The second-order valence-corrected chi connectivity index (χ2v) is 6.99. The molecule has 4 rings (SSSR count). The van der Waals surface area contributed by atoms with Crippen molar-refractivity contribution in [1.82, 2.24) is 14.9 Å². The van der Waals surface area contributed by atoms with Gasteiger partial charge >= 0.3 is 0 Å². The van der Waals surface area contributed by atoms with Crippen LogP contribution >= 0.6 is 0 Å². The van der Waals surface area contributed by atoms with Gasteiger partial charge in [-0.1, -0.05) is 24.3 Å². The molecule has 0 saturated carbocycles. The summed E-state index contributed by atoms with van der Waals surface area (Å²) < 4.78 is 1.60. The fraction of sp³-hybridized carbons (Fsp3) is 0.474. The summed E-state index contributed by atoms with van der Waals surface area (Å²) in [6.07, 6.45) is 7.90. The molecule has 1 N–H and O–H groups in total. The highest BCUT2D eigenvalue weighted by Crippen LogP contribution is 2.23. The second-order valence-electron chi connectivity index (χ2n) is 6.99. The fourth-order valence-electron chi connectivity index (χ4n) is 4.02. The zero-order valence-electron chi connectivity index (χ0n) is 14.1. The molecule has 1 unspecified atom stereocenters. The summed E-state index contributed by atoms with van der Waals surface area (Å²) in [4.78, 5) is 18.8. The van der Waals surface area contributed by atoms with E-state index in [1.165, 1.54) is 11.1 Å². The van der Waals surface area contributed by atoms with Gasteiger partial charge in [-0.3, -0.25) is 4.79 Å². The van der Waals surface area contributed by atoms with Crippen LogP contribution in [0.1, 0.15) is 24.0 Å². The summed E-state index contributed by atoms with van der Waals surface area (Å²) in [7, 11) is 1.78. The number of hydrogen-bond donors (Lipinski definition) is 1. The lowest BCUT2D eigenvalue weighted by atomic mass is 10.0. The predicted octanol–water partition coefficient (Wildman–Crippen LogP) is 1.51. The van der Waals surface area contributed by atoms with Gasteiger partial charge in [-0.2, -0.15) is 0 Å². The number of rotatable bonds is 3. The van der Waals surface area contributed by atoms with Crippen molar-refractivity contribution < 1.29 is 0 Å². The highest BCUT2D eigenvalue weighted by Gasteiger charge is 2.27. The van der Waals surface area contributed by atoms with Gasteiger partial charge in [-0.05, 0) is 36.8 Å². The Hall–Kier alpha value is -2.14. The van der Waals surface area contributed by atoms with Crippen molar-refractivity contribution >= 4 is 5.82 Å². The van der Waals surface area contributed by atoms with Gasteiger partial charge in [-0.25, -0.2) is 4.98 Å². The Kier molecular flexibility index (Phi) is 4.10. The van der Waals surface area contributed by atoms with Crippen LogP contribution in [-0.4, -0.2) is 34.7 Å². The van der Waals surface area contributed by atoms with Crippen LogP contribution in [0.5, 0.6) is 0 Å². The minimum absolute atomic E-state index is 0.00794. The molecule has 1 saturated heterocycles. The third kappa shape index (κ3) is 2.96. The molecule has 0 bridgehead atoms. The van der Waals surface area contributed by atoms with Crippen LogP contribution in [-0.2, 0) is 19.9 Å². The molecule has 0 amide bonds. The molecule has 126 valence electrons. The molecule has 0 radical (unpaired) electrons. The largest absolute Gasteiger partial charge is 0.350 e.